The van der Waals surface area contributed by atoms with E-state index in [4.69, 9.17) is 11.1 Å². The molecule has 0 fully saturated rings. The van der Waals surface area contributed by atoms with Crippen LogP contribution in [0.2, 0.25) is 0 Å². The largest absolute Gasteiger partial charge is 0.494 e. The highest BCUT2D eigenvalue weighted by Gasteiger charge is 2.31. The maximum atomic E-state index is 12.4. The zero-order chi connectivity index (χ0) is 16.5. The highest BCUT2D eigenvalue weighted by Crippen LogP contribution is 2.29. The molecule has 1 aliphatic rings. The summed E-state index contributed by atoms with van der Waals surface area (Å²) < 4.78 is 0. The quantitative estimate of drug-likeness (QED) is 0.422. The van der Waals surface area contributed by atoms with E-state index in [9.17, 15) is 19.5 Å². The number of rotatable bonds is 0. The van der Waals surface area contributed by atoms with Gasteiger partial charge in [-0.05, 0) is 17.5 Å². The lowest BCUT2D eigenvalue weighted by molar-refractivity contribution is -0.129. The number of carbonyl (C=O) groups is 2. The van der Waals surface area contributed by atoms with Gasteiger partial charge in [-0.2, -0.15) is 0 Å². The smallest absolute Gasteiger partial charge is 0.259 e. The molecule has 0 amide bonds. The molecule has 0 saturated heterocycles. The van der Waals surface area contributed by atoms with Crippen molar-refractivity contribution in [2.45, 2.75) is 0 Å². The lowest BCUT2D eigenvalue weighted by Crippen LogP contribution is -2.42. The van der Waals surface area contributed by atoms with Gasteiger partial charge in [0.25, 0.3) is 17.1 Å². The third-order valence-electron chi connectivity index (χ3n) is 4.10. The molecule has 0 radical (unpaired) electrons. The molecule has 5 N–H and O–H groups in total. The summed E-state index contributed by atoms with van der Waals surface area (Å²) in [6.45, 7) is 0. The summed E-state index contributed by atoms with van der Waals surface area (Å²) in [5, 5.41) is 19.4. The number of aromatic nitrogens is 1. The number of benzene rings is 2. The Balaban J connectivity index is 2.46. The number of nitrogens with two attached hydrogens (primary N) is 1. The van der Waals surface area contributed by atoms with Crippen LogP contribution in [-0.4, -0.2) is 27.4 Å². The molecule has 4 rings (SSSR count). The minimum Gasteiger partial charge on any atom is -0.494 e. The Bertz CT molecular complexity index is 1200. The Morgan fingerprint density at radius 3 is 2.57 bits per heavy atom. The fraction of sp³-hybridized carbons (Fsp3) is 0. The summed E-state index contributed by atoms with van der Waals surface area (Å²) in [5.74, 6) is -2.29. The van der Waals surface area contributed by atoms with Gasteiger partial charge in [-0.1, -0.05) is 12.1 Å². The van der Waals surface area contributed by atoms with Gasteiger partial charge in [-0.25, -0.2) is 0 Å². The van der Waals surface area contributed by atoms with E-state index in [-0.39, 0.29) is 27.7 Å². The highest BCUT2D eigenvalue weighted by molar-refractivity contribution is 6.75. The Kier molecular flexibility index (Phi) is 2.32. The van der Waals surface area contributed by atoms with Gasteiger partial charge >= 0.3 is 0 Å². The van der Waals surface area contributed by atoms with Crippen molar-refractivity contribution in [1.82, 2.24) is 4.98 Å². The van der Waals surface area contributed by atoms with Crippen molar-refractivity contribution in [3.8, 4) is 5.88 Å². The summed E-state index contributed by atoms with van der Waals surface area (Å²) in [7, 11) is 0. The number of fused-ring (bicyclic) bond motifs is 2. The molecular formula is C16H9N3O4. The molecule has 2 aromatic carbocycles. The number of aromatic hydroxyl groups is 1. The Labute approximate surface area is 127 Å². The molecule has 112 valence electrons. The number of H-pyrrole nitrogens is 1. The van der Waals surface area contributed by atoms with Gasteiger partial charge in [0.1, 0.15) is 5.71 Å². The standard InChI is InChI=1S/C16H9N3O4/c17-11-7-4-5-2-1-3-6-8(5)10(16(23)19-15(6)22)9(7)12(18)14(21)13(11)20/h1-4,17H,18H2,(H2,19,22,23). The monoisotopic (exact) mass is 307 g/mol. The van der Waals surface area contributed by atoms with Crippen molar-refractivity contribution in [1.29, 1.82) is 5.41 Å². The minimum absolute atomic E-state index is 0.0737. The van der Waals surface area contributed by atoms with Crippen LogP contribution in [0.5, 0.6) is 5.88 Å². The molecular weight excluding hydrogens is 298 g/mol. The summed E-state index contributed by atoms with van der Waals surface area (Å²) in [6.07, 6.45) is 0. The van der Waals surface area contributed by atoms with E-state index >= 15 is 0 Å². The number of aromatic amines is 1. The van der Waals surface area contributed by atoms with Gasteiger partial charge < -0.3 is 10.8 Å². The predicted octanol–water partition coefficient (Wildman–Crippen LogP) is -0.308. The van der Waals surface area contributed by atoms with Crippen LogP contribution >= 0.6 is 0 Å². The van der Waals surface area contributed by atoms with Gasteiger partial charge in [-0.15, -0.1) is 0 Å². The molecule has 3 aromatic rings. The van der Waals surface area contributed by atoms with E-state index in [1.165, 1.54) is 6.07 Å². The second-order valence-corrected chi connectivity index (χ2v) is 5.33. The number of carbonyl (C=O) groups excluding carboxylic acids is 2. The topological polar surface area (TPSA) is 137 Å². The molecule has 7 nitrogen and oxygen atoms in total. The molecule has 23 heavy (non-hydrogen) atoms. The molecule has 1 aliphatic carbocycles. The Morgan fingerprint density at radius 1 is 1.09 bits per heavy atom. The minimum atomic E-state index is -0.998. The van der Waals surface area contributed by atoms with Gasteiger partial charge in [0.05, 0.1) is 11.1 Å². The van der Waals surface area contributed by atoms with Crippen molar-refractivity contribution in [3.05, 3.63) is 45.4 Å². The maximum absolute atomic E-state index is 12.4. The van der Waals surface area contributed by atoms with Crippen molar-refractivity contribution in [2.24, 2.45) is 5.73 Å². The van der Waals surface area contributed by atoms with E-state index in [0.29, 0.717) is 16.2 Å². The third kappa shape index (κ3) is 1.48. The summed E-state index contributed by atoms with van der Waals surface area (Å²) in [5.41, 5.74) is 4.44. The molecule has 1 aromatic heterocycles. The summed E-state index contributed by atoms with van der Waals surface area (Å²) in [4.78, 5) is 38.4. The second-order valence-electron chi connectivity index (χ2n) is 5.33. The van der Waals surface area contributed by atoms with E-state index in [1.54, 1.807) is 18.2 Å². The van der Waals surface area contributed by atoms with Crippen LogP contribution in [0.3, 0.4) is 0 Å². The lowest BCUT2D eigenvalue weighted by Gasteiger charge is -2.16. The van der Waals surface area contributed by atoms with Crippen LogP contribution in [-0.2, 0) is 9.59 Å². The van der Waals surface area contributed by atoms with Gasteiger partial charge in [0, 0.05) is 21.6 Å². The fourth-order valence-corrected chi connectivity index (χ4v) is 3.07. The summed E-state index contributed by atoms with van der Waals surface area (Å²) in [6, 6.07) is 6.51. The SMILES string of the molecule is N=C1C(=O)C(=O)C(N)=c2c1cc1cccc3c(O)[nH]c(=O)c2c13. The second kappa shape index (κ2) is 4.04. The molecule has 0 aliphatic heterocycles. The lowest BCUT2D eigenvalue weighted by atomic mass is 9.88. The average Bonchev–Trinajstić information content (AvgIpc) is 2.54. The van der Waals surface area contributed by atoms with Gasteiger partial charge in [0.15, 0.2) is 5.88 Å². The van der Waals surface area contributed by atoms with E-state index < -0.39 is 22.8 Å². The van der Waals surface area contributed by atoms with Gasteiger partial charge in [0.2, 0.25) is 0 Å². The Hall–Kier alpha value is -3.48. The van der Waals surface area contributed by atoms with Crippen molar-refractivity contribution >= 4 is 44.5 Å². The normalized spacial score (nSPS) is 14.8. The number of hydrogen-bond acceptors (Lipinski definition) is 6. The summed E-state index contributed by atoms with van der Waals surface area (Å²) >= 11 is 0. The van der Waals surface area contributed by atoms with E-state index in [0.717, 1.165) is 0 Å². The van der Waals surface area contributed by atoms with E-state index in [2.05, 4.69) is 4.98 Å². The third-order valence-corrected chi connectivity index (χ3v) is 4.10. The molecule has 0 spiro atoms. The fourth-order valence-electron chi connectivity index (χ4n) is 3.07. The van der Waals surface area contributed by atoms with Gasteiger partial charge in [-0.3, -0.25) is 24.8 Å². The number of pyridine rings is 1. The molecule has 7 heteroatoms. The zero-order valence-electron chi connectivity index (χ0n) is 11.6. The molecule has 0 saturated carbocycles. The zero-order valence-corrected chi connectivity index (χ0v) is 11.6. The van der Waals surface area contributed by atoms with Crippen LogP contribution < -0.4 is 16.5 Å². The van der Waals surface area contributed by atoms with Crippen molar-refractivity contribution in [3.63, 3.8) is 0 Å². The van der Waals surface area contributed by atoms with E-state index in [1.807, 2.05) is 0 Å². The first kappa shape index (κ1) is 13.2. The first-order chi connectivity index (χ1) is 10.9. The molecule has 1 heterocycles. The predicted molar refractivity (Wildman–Crippen MR) is 83.4 cm³/mol. The molecule has 0 bridgehead atoms. The average molecular weight is 307 g/mol. The molecule has 0 unspecified atom stereocenters. The highest BCUT2D eigenvalue weighted by atomic mass is 16.3. The van der Waals surface area contributed by atoms with Crippen molar-refractivity contribution < 1.29 is 14.7 Å². The van der Waals surface area contributed by atoms with Crippen molar-refractivity contribution in [2.75, 3.05) is 0 Å². The first-order valence-corrected chi connectivity index (χ1v) is 6.70. The first-order valence-electron chi connectivity index (χ1n) is 6.70. The molecule has 0 atom stereocenters. The number of ketones is 2. The van der Waals surface area contributed by atoms with Crippen LogP contribution in [0.15, 0.2) is 29.1 Å². The van der Waals surface area contributed by atoms with Crippen LogP contribution in [0.25, 0.3) is 27.2 Å². The van der Waals surface area contributed by atoms with Crippen LogP contribution in [0.1, 0.15) is 5.56 Å². The number of Topliss-reactive ketones (excluding diaryl/α,β-unsaturated/α-hetero) is 2. The van der Waals surface area contributed by atoms with Crippen LogP contribution in [0, 0.1) is 5.41 Å². The van der Waals surface area contributed by atoms with Crippen LogP contribution in [0.4, 0.5) is 0 Å². The number of nitrogens with one attached hydrogen (secondary N) is 2. The Morgan fingerprint density at radius 2 is 1.83 bits per heavy atom. The number of hydrogen-bond donors (Lipinski definition) is 4. The maximum Gasteiger partial charge on any atom is 0.259 e.